The summed E-state index contributed by atoms with van der Waals surface area (Å²) < 4.78 is 95.8. The fourth-order valence-corrected chi connectivity index (χ4v) is 9.45. The molecule has 1 aromatic carbocycles. The number of amides is 2. The standard InChI is InChI=1S/C35H37FN11O12PS/c1-18(2)30(48)44-35-43-29-25(32(50)45-35)41-17-47(29)33-22-13-20(56-33)14-55-60(51,54-11-10-37-3)58-26-21(9-12-61(52,53)59-22)57-34(23(26)36)46-16-40-24-27(38-15-39-28(24)46)42-31(49)19-7-5-4-6-8-19/h4-8,15-18,20-23,26,33-34H,9-14H2,1-2H3,(H,38,39,42,49)(H2,43,44,45,48,50)/t20-,21+,22+,23-,26+,33+,34+,60?/m0/s1. The molecule has 4 aromatic heterocycles. The number of aromatic nitrogens is 8. The molecular formula is C35H37FN11O12PS. The van der Waals surface area contributed by atoms with Crippen LogP contribution in [0.5, 0.6) is 0 Å². The molecule has 0 aliphatic carbocycles. The molecule has 0 radical (unpaired) electrons. The second-order valence-corrected chi connectivity index (χ2v) is 17.7. The van der Waals surface area contributed by atoms with Gasteiger partial charge in [0.25, 0.3) is 21.6 Å². The van der Waals surface area contributed by atoms with Crippen molar-refractivity contribution in [1.29, 1.82) is 0 Å². The third-order valence-corrected chi connectivity index (χ3v) is 12.6. The summed E-state index contributed by atoms with van der Waals surface area (Å²) in [6, 6.07) is 8.31. The molecular weight excluding hydrogens is 848 g/mol. The van der Waals surface area contributed by atoms with Gasteiger partial charge in [0.15, 0.2) is 46.8 Å². The van der Waals surface area contributed by atoms with Crippen LogP contribution in [0, 0.1) is 12.5 Å². The highest BCUT2D eigenvalue weighted by Crippen LogP contribution is 2.55. The summed E-state index contributed by atoms with van der Waals surface area (Å²) in [5.74, 6) is -2.33. The molecule has 3 aliphatic rings. The number of carbonyl (C=O) groups is 2. The van der Waals surface area contributed by atoms with E-state index in [9.17, 15) is 27.4 Å². The summed E-state index contributed by atoms with van der Waals surface area (Å²) in [6.07, 6.45) is -7.77. The van der Waals surface area contributed by atoms with Gasteiger partial charge < -0.3 is 19.6 Å². The topological polar surface area (TPSA) is 276 Å². The van der Waals surface area contributed by atoms with Crippen LogP contribution in [-0.2, 0) is 46.7 Å². The number of anilines is 2. The van der Waals surface area contributed by atoms with Gasteiger partial charge in [-0.25, -0.2) is 35.5 Å². The number of hydrogen-bond donors (Lipinski definition) is 3. The molecule has 23 nitrogen and oxygen atoms in total. The van der Waals surface area contributed by atoms with Crippen LogP contribution in [-0.4, -0.2) is 115 Å². The molecule has 0 spiro atoms. The summed E-state index contributed by atoms with van der Waals surface area (Å²) in [4.78, 5) is 64.9. The van der Waals surface area contributed by atoms with Gasteiger partial charge in [0.1, 0.15) is 25.1 Å². The summed E-state index contributed by atoms with van der Waals surface area (Å²) >= 11 is 0. The third kappa shape index (κ3) is 8.79. The number of alkyl halides is 1. The summed E-state index contributed by atoms with van der Waals surface area (Å²) in [5.41, 5.74) is -0.498. The SMILES string of the molecule is [C-]#[N+]CCOP1(=O)OC[C@@H]2C[C@@H](OS(=O)(=O)CC[C@H]3O[C@@H](n4cnc5c(NC(=O)c6ccccc6)ncnc54)[C@@H](F)[C@@H]3O1)[C@H](n1cnc3c(=O)[nH]c(NC(=O)C(C)C)nc31)O2. The molecule has 5 aromatic rings. The number of rotatable bonds is 9. The highest BCUT2D eigenvalue weighted by Gasteiger charge is 2.52. The second kappa shape index (κ2) is 17.1. The van der Waals surface area contributed by atoms with Gasteiger partial charge in [0.2, 0.25) is 18.4 Å². The number of phosphoric acid groups is 1. The van der Waals surface area contributed by atoms with Gasteiger partial charge in [0.05, 0.1) is 37.2 Å². The average Bonchev–Trinajstić information content (AvgIpc) is 4.02. The lowest BCUT2D eigenvalue weighted by Crippen LogP contribution is -2.34. The molecule has 0 saturated carbocycles. The second-order valence-electron chi connectivity index (χ2n) is 14.4. The molecule has 3 N–H and O–H groups in total. The predicted octanol–water partition coefficient (Wildman–Crippen LogP) is 2.89. The lowest BCUT2D eigenvalue weighted by molar-refractivity contribution is -0.118. The van der Waals surface area contributed by atoms with Crippen molar-refractivity contribution < 1.29 is 54.2 Å². The zero-order chi connectivity index (χ0) is 43.1. The van der Waals surface area contributed by atoms with Crippen LogP contribution in [0.1, 0.15) is 49.5 Å². The monoisotopic (exact) mass is 885 g/mol. The summed E-state index contributed by atoms with van der Waals surface area (Å²) in [7, 11) is -9.28. The van der Waals surface area contributed by atoms with Crippen molar-refractivity contribution >= 4 is 63.8 Å². The van der Waals surface area contributed by atoms with Crippen LogP contribution in [0.15, 0.2) is 54.1 Å². The van der Waals surface area contributed by atoms with E-state index in [0.29, 0.717) is 5.56 Å². The number of imidazole rings is 2. The molecule has 2 bridgehead atoms. The predicted molar refractivity (Wildman–Crippen MR) is 208 cm³/mol. The smallest absolute Gasteiger partial charge is 0.349 e. The Morgan fingerprint density at radius 1 is 1.05 bits per heavy atom. The molecule has 7 heterocycles. The third-order valence-electron chi connectivity index (χ3n) is 9.83. The molecule has 8 atom stereocenters. The average molecular weight is 886 g/mol. The van der Waals surface area contributed by atoms with Gasteiger partial charge in [-0.05, 0) is 18.6 Å². The van der Waals surface area contributed by atoms with E-state index in [1.165, 1.54) is 21.8 Å². The maximum absolute atomic E-state index is 16.8. The van der Waals surface area contributed by atoms with Gasteiger partial charge in [-0.2, -0.15) is 13.4 Å². The largest absolute Gasteiger partial charge is 0.475 e. The Balaban J connectivity index is 1.09. The maximum Gasteiger partial charge on any atom is 0.475 e. The zero-order valence-corrected chi connectivity index (χ0v) is 33.9. The van der Waals surface area contributed by atoms with Crippen molar-refractivity contribution in [2.45, 2.75) is 69.7 Å². The van der Waals surface area contributed by atoms with Crippen LogP contribution in [0.3, 0.4) is 0 Å². The zero-order valence-electron chi connectivity index (χ0n) is 32.2. The summed E-state index contributed by atoms with van der Waals surface area (Å²) in [5, 5.41) is 5.17. The maximum atomic E-state index is 16.8. The first kappa shape index (κ1) is 42.1. The molecule has 26 heteroatoms. The van der Waals surface area contributed by atoms with Crippen LogP contribution in [0.2, 0.25) is 0 Å². The number of halogens is 1. The first-order valence-corrected chi connectivity index (χ1v) is 21.8. The van der Waals surface area contributed by atoms with Gasteiger partial charge in [-0.3, -0.25) is 51.6 Å². The molecule has 61 heavy (non-hydrogen) atoms. The van der Waals surface area contributed by atoms with E-state index in [0.717, 1.165) is 6.33 Å². The number of aromatic amines is 1. The van der Waals surface area contributed by atoms with E-state index in [4.69, 9.17) is 33.8 Å². The molecule has 2 amide bonds. The van der Waals surface area contributed by atoms with Crippen molar-refractivity contribution in [2.75, 3.05) is 36.1 Å². The Kier molecular flexibility index (Phi) is 11.8. The Hall–Kier alpha value is -5.58. The fourth-order valence-electron chi connectivity index (χ4n) is 6.88. The minimum atomic E-state index is -4.79. The van der Waals surface area contributed by atoms with Crippen LogP contribution >= 0.6 is 7.82 Å². The summed E-state index contributed by atoms with van der Waals surface area (Å²) in [6.45, 7) is 9.17. The number of nitrogens with one attached hydrogen (secondary N) is 3. The highest BCUT2D eigenvalue weighted by molar-refractivity contribution is 7.86. The number of nitrogens with zero attached hydrogens (tertiary/aromatic N) is 8. The van der Waals surface area contributed by atoms with E-state index in [-0.39, 0.29) is 47.1 Å². The lowest BCUT2D eigenvalue weighted by atomic mass is 10.1. The van der Waals surface area contributed by atoms with Gasteiger partial charge in [-0.15, -0.1) is 0 Å². The van der Waals surface area contributed by atoms with E-state index in [1.807, 2.05) is 0 Å². The van der Waals surface area contributed by atoms with Crippen molar-refractivity contribution in [3.05, 3.63) is 76.6 Å². The number of fused-ring (bicyclic) bond motifs is 5. The van der Waals surface area contributed by atoms with Crippen molar-refractivity contribution in [3.63, 3.8) is 0 Å². The first-order valence-electron chi connectivity index (χ1n) is 18.8. The molecule has 3 saturated heterocycles. The van der Waals surface area contributed by atoms with Crippen molar-refractivity contribution in [1.82, 2.24) is 39.0 Å². The van der Waals surface area contributed by atoms with Gasteiger partial charge in [0, 0.05) is 17.9 Å². The minimum absolute atomic E-state index is 0.0129. The van der Waals surface area contributed by atoms with Crippen molar-refractivity contribution in [3.8, 4) is 0 Å². The lowest BCUT2D eigenvalue weighted by Gasteiger charge is -2.26. The normalized spacial score (nSPS) is 27.8. The number of carbonyl (C=O) groups excluding carboxylic acids is 2. The van der Waals surface area contributed by atoms with Gasteiger partial charge in [-0.1, -0.05) is 32.0 Å². The highest BCUT2D eigenvalue weighted by atomic mass is 32.2. The molecule has 322 valence electrons. The number of hydrogen-bond acceptors (Lipinski definition) is 17. The Morgan fingerprint density at radius 3 is 2.56 bits per heavy atom. The fraction of sp³-hybridized carbons (Fsp3) is 0.457. The van der Waals surface area contributed by atoms with Crippen LogP contribution in [0.4, 0.5) is 16.2 Å². The van der Waals surface area contributed by atoms with E-state index in [1.54, 1.807) is 44.2 Å². The Labute approximate surface area is 344 Å². The number of H-pyrrole nitrogens is 1. The first-order chi connectivity index (χ1) is 29.2. The quantitative estimate of drug-likeness (QED) is 0.0830. The van der Waals surface area contributed by atoms with Gasteiger partial charge >= 0.3 is 7.82 Å². The number of ether oxygens (including phenoxy) is 2. The molecule has 1 unspecified atom stereocenters. The van der Waals surface area contributed by atoms with E-state index < -0.39 is 110 Å². The molecule has 3 aliphatic heterocycles. The van der Waals surface area contributed by atoms with E-state index >= 15 is 4.39 Å². The Morgan fingerprint density at radius 2 is 1.80 bits per heavy atom. The minimum Gasteiger partial charge on any atom is -0.349 e. The Bertz CT molecular complexity index is 2730. The van der Waals surface area contributed by atoms with Crippen LogP contribution in [0.25, 0.3) is 27.2 Å². The molecule has 3 fully saturated rings. The number of benzene rings is 1. The number of phosphoric ester groups is 1. The van der Waals surface area contributed by atoms with Crippen molar-refractivity contribution in [2.24, 2.45) is 5.92 Å². The van der Waals surface area contributed by atoms with Crippen LogP contribution < -0.4 is 16.2 Å². The van der Waals surface area contributed by atoms with E-state index in [2.05, 4.69) is 45.4 Å². The molecule has 8 rings (SSSR count).